The summed E-state index contributed by atoms with van der Waals surface area (Å²) in [5, 5.41) is 6.66. The summed E-state index contributed by atoms with van der Waals surface area (Å²) in [5.41, 5.74) is 3.92. The minimum Gasteiger partial charge on any atom is -0.384 e. The van der Waals surface area contributed by atoms with Crippen LogP contribution in [0.1, 0.15) is 20.8 Å². The lowest BCUT2D eigenvalue weighted by atomic mass is 9.85. The zero-order chi connectivity index (χ0) is 15.6. The van der Waals surface area contributed by atoms with Crippen molar-refractivity contribution in [2.75, 3.05) is 19.0 Å². The van der Waals surface area contributed by atoms with Crippen molar-refractivity contribution in [2.24, 2.45) is 5.41 Å². The second kappa shape index (κ2) is 6.03. The van der Waals surface area contributed by atoms with Crippen LogP contribution in [0.15, 0.2) is 52.7 Å². The largest absolute Gasteiger partial charge is 0.384 e. The van der Waals surface area contributed by atoms with Crippen LogP contribution in [0.25, 0.3) is 0 Å². The summed E-state index contributed by atoms with van der Waals surface area (Å²) in [6.45, 7) is 11.3. The molecule has 1 aromatic rings. The van der Waals surface area contributed by atoms with Gasteiger partial charge in [0.2, 0.25) is 0 Å². The van der Waals surface area contributed by atoms with Crippen LogP contribution < -0.4 is 10.6 Å². The maximum atomic E-state index is 11.9. The molecule has 1 aliphatic heterocycles. The molecule has 1 aliphatic rings. The Kier molecular flexibility index (Phi) is 4.54. The van der Waals surface area contributed by atoms with Crippen LogP contribution in [0.3, 0.4) is 0 Å². The Balaban J connectivity index is 2.39. The standard InChI is InChI=1S/C16H22N2O2S/c1-11-15(16(3,4)10-17-11)12(2)18-13-8-6-7-9-14(13)21(19)20-5/h6-9,17-18H,1,10H2,2-5H3/b15-12-. The highest BCUT2D eigenvalue weighted by Gasteiger charge is 2.33. The highest BCUT2D eigenvalue weighted by Crippen LogP contribution is 2.37. The van der Waals surface area contributed by atoms with Crippen molar-refractivity contribution in [2.45, 2.75) is 25.7 Å². The van der Waals surface area contributed by atoms with Crippen LogP contribution in [0, 0.1) is 5.41 Å². The molecule has 0 amide bonds. The molecule has 1 aromatic carbocycles. The summed E-state index contributed by atoms with van der Waals surface area (Å²) in [6.07, 6.45) is 0. The molecule has 1 unspecified atom stereocenters. The first-order valence-corrected chi connectivity index (χ1v) is 7.91. The average molecular weight is 306 g/mol. The molecule has 114 valence electrons. The van der Waals surface area contributed by atoms with Gasteiger partial charge in [0.25, 0.3) is 0 Å². The molecule has 5 heteroatoms. The normalized spacial score (nSPS) is 20.9. The summed E-state index contributed by atoms with van der Waals surface area (Å²) in [7, 11) is 1.43. The number of rotatable bonds is 4. The molecule has 0 radical (unpaired) electrons. The highest BCUT2D eigenvalue weighted by molar-refractivity contribution is 7.80. The number of nitrogens with one attached hydrogen (secondary N) is 2. The van der Waals surface area contributed by atoms with Gasteiger partial charge >= 0.3 is 0 Å². The molecule has 2 rings (SSSR count). The van der Waals surface area contributed by atoms with E-state index in [1.54, 1.807) is 6.07 Å². The SMILES string of the molecule is C=C1NCC(C)(C)/C1=C(/C)Nc1ccccc1S(=O)OC. The predicted molar refractivity (Wildman–Crippen MR) is 87.1 cm³/mol. The molecule has 0 spiro atoms. The molecule has 0 aromatic heterocycles. The van der Waals surface area contributed by atoms with E-state index >= 15 is 0 Å². The van der Waals surface area contributed by atoms with Gasteiger partial charge in [-0.3, -0.25) is 4.18 Å². The number of benzene rings is 1. The van der Waals surface area contributed by atoms with E-state index in [0.29, 0.717) is 4.90 Å². The van der Waals surface area contributed by atoms with E-state index in [0.717, 1.165) is 23.6 Å². The van der Waals surface area contributed by atoms with Gasteiger partial charge in [-0.1, -0.05) is 32.6 Å². The fourth-order valence-electron chi connectivity index (χ4n) is 2.72. The monoisotopic (exact) mass is 306 g/mol. The summed E-state index contributed by atoms with van der Waals surface area (Å²) in [5.74, 6) is 0. The van der Waals surface area contributed by atoms with Crippen LogP contribution in [0.5, 0.6) is 0 Å². The van der Waals surface area contributed by atoms with Crippen molar-refractivity contribution in [3.8, 4) is 0 Å². The van der Waals surface area contributed by atoms with Gasteiger partial charge in [-0.2, -0.15) is 0 Å². The Hall–Kier alpha value is -1.59. The zero-order valence-corrected chi connectivity index (χ0v) is 13.8. The van der Waals surface area contributed by atoms with E-state index in [1.807, 2.05) is 25.1 Å². The number of anilines is 1. The second-order valence-corrected chi connectivity index (χ2v) is 6.98. The van der Waals surface area contributed by atoms with Crippen LogP contribution >= 0.6 is 0 Å². The molecule has 1 heterocycles. The third-order valence-electron chi connectivity index (χ3n) is 3.64. The molecule has 1 saturated heterocycles. The first-order chi connectivity index (χ1) is 9.86. The Morgan fingerprint density at radius 3 is 2.67 bits per heavy atom. The van der Waals surface area contributed by atoms with Gasteiger partial charge in [0.15, 0.2) is 11.1 Å². The fraction of sp³-hybridized carbons (Fsp3) is 0.375. The molecule has 21 heavy (non-hydrogen) atoms. The zero-order valence-electron chi connectivity index (χ0n) is 12.9. The molecular weight excluding hydrogens is 284 g/mol. The van der Waals surface area contributed by atoms with Crippen LogP contribution in [0.2, 0.25) is 0 Å². The van der Waals surface area contributed by atoms with Gasteiger partial charge in [0.05, 0.1) is 17.7 Å². The summed E-state index contributed by atoms with van der Waals surface area (Å²) < 4.78 is 16.9. The third kappa shape index (κ3) is 3.19. The average Bonchev–Trinajstić information content (AvgIpc) is 2.72. The predicted octanol–water partition coefficient (Wildman–Crippen LogP) is 3.18. The molecule has 1 atom stereocenters. The molecular formula is C16H22N2O2S. The van der Waals surface area contributed by atoms with E-state index in [1.165, 1.54) is 12.7 Å². The summed E-state index contributed by atoms with van der Waals surface area (Å²) in [6, 6.07) is 7.45. The Morgan fingerprint density at radius 2 is 2.10 bits per heavy atom. The molecule has 2 N–H and O–H groups in total. The first kappa shape index (κ1) is 15.8. The summed E-state index contributed by atoms with van der Waals surface area (Å²) in [4.78, 5) is 0.634. The smallest absolute Gasteiger partial charge is 0.191 e. The van der Waals surface area contributed by atoms with Gasteiger partial charge in [-0.05, 0) is 19.1 Å². The van der Waals surface area contributed by atoms with Crippen molar-refractivity contribution < 1.29 is 8.39 Å². The van der Waals surface area contributed by atoms with Crippen molar-refractivity contribution in [3.63, 3.8) is 0 Å². The Labute approximate surface area is 128 Å². The van der Waals surface area contributed by atoms with Crippen molar-refractivity contribution in [1.82, 2.24) is 5.32 Å². The van der Waals surface area contributed by atoms with Gasteiger partial charge in [-0.15, -0.1) is 0 Å². The molecule has 0 saturated carbocycles. The lowest BCUT2D eigenvalue weighted by molar-refractivity contribution is 0.446. The maximum Gasteiger partial charge on any atom is 0.191 e. The minimum atomic E-state index is -1.47. The van der Waals surface area contributed by atoms with Gasteiger partial charge in [-0.25, -0.2) is 4.21 Å². The third-order valence-corrected chi connectivity index (χ3v) is 4.66. The minimum absolute atomic E-state index is 0.0174. The van der Waals surface area contributed by atoms with E-state index in [-0.39, 0.29) is 5.41 Å². The fourth-order valence-corrected chi connectivity index (χ4v) is 3.38. The van der Waals surface area contributed by atoms with Gasteiger partial charge < -0.3 is 10.6 Å². The van der Waals surface area contributed by atoms with E-state index < -0.39 is 11.1 Å². The highest BCUT2D eigenvalue weighted by atomic mass is 32.2. The van der Waals surface area contributed by atoms with Crippen molar-refractivity contribution >= 4 is 16.8 Å². The van der Waals surface area contributed by atoms with Crippen LogP contribution in [0.4, 0.5) is 5.69 Å². The van der Waals surface area contributed by atoms with Crippen molar-refractivity contribution in [3.05, 3.63) is 47.8 Å². The van der Waals surface area contributed by atoms with E-state index in [2.05, 4.69) is 31.1 Å². The molecule has 4 nitrogen and oxygen atoms in total. The second-order valence-electron chi connectivity index (χ2n) is 5.74. The lowest BCUT2D eigenvalue weighted by Crippen LogP contribution is -2.18. The maximum absolute atomic E-state index is 11.9. The molecule has 0 bridgehead atoms. The number of para-hydroxylation sites is 1. The van der Waals surface area contributed by atoms with Crippen LogP contribution in [-0.2, 0) is 15.3 Å². The number of allylic oxidation sites excluding steroid dienone is 2. The number of hydrogen-bond donors (Lipinski definition) is 2. The van der Waals surface area contributed by atoms with E-state index in [9.17, 15) is 4.21 Å². The summed E-state index contributed by atoms with van der Waals surface area (Å²) >= 11 is -1.47. The first-order valence-electron chi connectivity index (χ1n) is 6.83. The lowest BCUT2D eigenvalue weighted by Gasteiger charge is -2.22. The molecule has 1 fully saturated rings. The Morgan fingerprint density at radius 1 is 1.43 bits per heavy atom. The van der Waals surface area contributed by atoms with Crippen LogP contribution in [-0.4, -0.2) is 17.9 Å². The Bertz CT molecular complexity index is 620. The topological polar surface area (TPSA) is 50.4 Å². The quantitative estimate of drug-likeness (QED) is 0.897. The molecule has 0 aliphatic carbocycles. The van der Waals surface area contributed by atoms with Gasteiger partial charge in [0, 0.05) is 28.9 Å². The van der Waals surface area contributed by atoms with E-state index in [4.69, 9.17) is 4.18 Å². The number of hydrogen-bond acceptors (Lipinski definition) is 4. The van der Waals surface area contributed by atoms with Gasteiger partial charge in [0.1, 0.15) is 0 Å². The van der Waals surface area contributed by atoms with Crippen molar-refractivity contribution in [1.29, 1.82) is 0 Å².